The third-order valence-electron chi connectivity index (χ3n) is 6.72. The lowest BCUT2D eigenvalue weighted by atomic mass is 10.0. The molecule has 15 heteroatoms. The van der Waals surface area contributed by atoms with Crippen molar-refractivity contribution in [3.63, 3.8) is 0 Å². The van der Waals surface area contributed by atoms with Crippen molar-refractivity contribution in [2.75, 3.05) is 60.2 Å². The maximum absolute atomic E-state index is 13.4. The smallest absolute Gasteiger partial charge is 0.385 e. The van der Waals surface area contributed by atoms with Gasteiger partial charge in [-0.3, -0.25) is 14.4 Å². The van der Waals surface area contributed by atoms with Gasteiger partial charge in [0.2, 0.25) is 11.8 Å². The number of methoxy groups -OCH3 is 2. The molecule has 3 saturated heterocycles. The molecule has 0 bridgehead atoms. The van der Waals surface area contributed by atoms with Gasteiger partial charge in [-0.1, -0.05) is 0 Å². The second kappa shape index (κ2) is 12.3. The number of ketones is 1. The molecule has 3 fully saturated rings. The zero-order chi connectivity index (χ0) is 27.3. The zero-order valence-corrected chi connectivity index (χ0v) is 20.7. The molecule has 3 aliphatic heterocycles. The Bertz CT molecular complexity index is 902. The fourth-order valence-corrected chi connectivity index (χ4v) is 4.96. The van der Waals surface area contributed by atoms with E-state index in [-0.39, 0.29) is 51.0 Å². The second-order valence-electron chi connectivity index (χ2n) is 9.05. The van der Waals surface area contributed by atoms with Crippen molar-refractivity contribution in [2.24, 2.45) is 0 Å². The number of alkyl halides is 3. The Morgan fingerprint density at radius 1 is 1.05 bits per heavy atom. The third kappa shape index (κ3) is 6.64. The zero-order valence-electron chi connectivity index (χ0n) is 20.7. The minimum atomic E-state index is -5.35. The lowest BCUT2D eigenvalue weighted by Gasteiger charge is -2.38. The third-order valence-corrected chi connectivity index (χ3v) is 6.72. The number of carbonyl (C=O) groups is 5. The van der Waals surface area contributed by atoms with Crippen molar-refractivity contribution in [3.8, 4) is 0 Å². The molecule has 1 unspecified atom stereocenters. The minimum Gasteiger partial charge on any atom is -0.385 e. The number of rotatable bonds is 9. The van der Waals surface area contributed by atoms with Crippen LogP contribution in [0, 0.1) is 0 Å². The Hall–Kier alpha value is -2.62. The summed E-state index contributed by atoms with van der Waals surface area (Å²) >= 11 is 0. The summed E-state index contributed by atoms with van der Waals surface area (Å²) in [6, 6.07) is -2.81. The molecular weight excluding hydrogens is 505 g/mol. The second-order valence-corrected chi connectivity index (χ2v) is 9.05. The molecule has 12 nitrogen and oxygen atoms in total. The molecule has 0 spiro atoms. The van der Waals surface area contributed by atoms with Crippen molar-refractivity contribution in [3.05, 3.63) is 0 Å². The Labute approximate surface area is 211 Å². The largest absolute Gasteiger partial charge is 0.491 e. The van der Waals surface area contributed by atoms with Crippen molar-refractivity contribution < 1.29 is 51.4 Å². The van der Waals surface area contributed by atoms with E-state index in [0.29, 0.717) is 25.8 Å². The lowest BCUT2D eigenvalue weighted by Crippen LogP contribution is -2.58. The van der Waals surface area contributed by atoms with Gasteiger partial charge in [0.1, 0.15) is 12.1 Å². The summed E-state index contributed by atoms with van der Waals surface area (Å²) in [6.45, 7) is 0.116. The van der Waals surface area contributed by atoms with Crippen LogP contribution in [0.2, 0.25) is 0 Å². The van der Waals surface area contributed by atoms with E-state index in [0.717, 1.165) is 4.90 Å². The van der Waals surface area contributed by atoms with Crippen LogP contribution in [0.15, 0.2) is 0 Å². The lowest BCUT2D eigenvalue weighted by molar-refractivity contribution is -0.203. The molecule has 3 heterocycles. The average Bonchev–Trinajstić information content (AvgIpc) is 3.51. The van der Waals surface area contributed by atoms with Gasteiger partial charge in [0.15, 0.2) is 5.78 Å². The van der Waals surface area contributed by atoms with E-state index in [4.69, 9.17) is 9.47 Å². The fraction of sp³-hybridized carbons (Fsp3) is 0.773. The number of Topliss-reactive ketones (excluding diaryl/α,β-unsaturated/α-hetero) is 1. The number of nitrogens with zero attached hydrogens (tertiary/aromatic N) is 4. The van der Waals surface area contributed by atoms with E-state index in [2.05, 4.69) is 4.74 Å². The number of amides is 2. The molecule has 3 aliphatic rings. The quantitative estimate of drug-likeness (QED) is 0.278. The fourth-order valence-electron chi connectivity index (χ4n) is 4.96. The van der Waals surface area contributed by atoms with Crippen LogP contribution in [0.4, 0.5) is 13.2 Å². The first-order chi connectivity index (χ1) is 17.5. The molecule has 0 aromatic carbocycles. The van der Waals surface area contributed by atoms with E-state index in [9.17, 15) is 37.1 Å². The molecule has 0 aromatic rings. The maximum Gasteiger partial charge on any atom is 0.491 e. The van der Waals surface area contributed by atoms with Crippen molar-refractivity contribution in [1.29, 1.82) is 0 Å². The van der Waals surface area contributed by atoms with Crippen LogP contribution in [-0.4, -0.2) is 134 Å². The summed E-state index contributed by atoms with van der Waals surface area (Å²) < 4.78 is 51.9. The number of ether oxygens (including phenoxy) is 3. The number of halogens is 3. The highest BCUT2D eigenvalue weighted by Crippen LogP contribution is 2.26. The number of esters is 2. The van der Waals surface area contributed by atoms with E-state index in [1.54, 1.807) is 0 Å². The molecule has 37 heavy (non-hydrogen) atoms. The van der Waals surface area contributed by atoms with Gasteiger partial charge in [0.05, 0.1) is 32.3 Å². The first kappa shape index (κ1) is 28.9. The number of hydrazine groups is 1. The molecule has 208 valence electrons. The van der Waals surface area contributed by atoms with Crippen molar-refractivity contribution in [1.82, 2.24) is 19.8 Å². The Balaban J connectivity index is 1.80. The first-order valence-electron chi connectivity index (χ1n) is 11.9. The Morgan fingerprint density at radius 2 is 1.76 bits per heavy atom. The maximum atomic E-state index is 13.4. The van der Waals surface area contributed by atoms with Crippen molar-refractivity contribution >= 4 is 29.5 Å². The van der Waals surface area contributed by atoms with Crippen LogP contribution in [0.5, 0.6) is 0 Å². The summed E-state index contributed by atoms with van der Waals surface area (Å²) in [7, 11) is 2.85. The summed E-state index contributed by atoms with van der Waals surface area (Å²) in [6.07, 6.45) is -3.78. The number of hydrogen-bond donors (Lipinski definition) is 0. The monoisotopic (exact) mass is 536 g/mol. The predicted molar refractivity (Wildman–Crippen MR) is 117 cm³/mol. The summed E-state index contributed by atoms with van der Waals surface area (Å²) in [5.41, 5.74) is 0. The Kier molecular flexibility index (Phi) is 9.61. The SMILES string of the molecule is COCCN(CC(=O)N1CCCC1C(=O)OC(=O)C(F)(F)F)N1CC(=O)N2CCC[C@@H]2C(=O)[C@H]1COC. The van der Waals surface area contributed by atoms with Crippen LogP contribution in [0.25, 0.3) is 0 Å². The van der Waals surface area contributed by atoms with Gasteiger partial charge in [-0.15, -0.1) is 0 Å². The van der Waals surface area contributed by atoms with Crippen LogP contribution in [-0.2, 0) is 38.2 Å². The normalized spacial score (nSPS) is 25.0. The van der Waals surface area contributed by atoms with Crippen LogP contribution in [0.1, 0.15) is 25.7 Å². The molecule has 0 aromatic heterocycles. The Morgan fingerprint density at radius 3 is 2.41 bits per heavy atom. The molecule has 0 saturated carbocycles. The molecule has 2 amide bonds. The van der Waals surface area contributed by atoms with Gasteiger partial charge in [0.25, 0.3) is 0 Å². The standard InChI is InChI=1S/C22H31F3N4O8/c1-35-10-9-26(29-12-18(31)27-7-3-5-14(27)19(32)16(29)13-36-2)11-17(30)28-8-4-6-15(28)20(33)37-21(34)22(23,24)25/h14-16H,3-13H2,1-2H3/t14-,15?,16-/m1/s1. The topological polar surface area (TPSA) is 126 Å². The highest BCUT2D eigenvalue weighted by atomic mass is 19.4. The minimum absolute atomic E-state index is 0.0252. The van der Waals surface area contributed by atoms with E-state index in [1.165, 1.54) is 29.1 Å². The number of carbonyl (C=O) groups excluding carboxylic acids is 5. The van der Waals surface area contributed by atoms with Gasteiger partial charge in [-0.25, -0.2) is 19.6 Å². The van der Waals surface area contributed by atoms with Gasteiger partial charge < -0.3 is 24.0 Å². The number of likely N-dealkylation sites (tertiary alicyclic amines) is 1. The molecule has 3 rings (SSSR count). The highest BCUT2D eigenvalue weighted by molar-refractivity contribution is 5.96. The van der Waals surface area contributed by atoms with E-state index < -0.39 is 48.7 Å². The summed E-state index contributed by atoms with van der Waals surface area (Å²) in [5, 5.41) is 2.94. The van der Waals surface area contributed by atoms with Crippen molar-refractivity contribution in [2.45, 2.75) is 50.0 Å². The van der Waals surface area contributed by atoms with E-state index in [1.807, 2.05) is 0 Å². The van der Waals surface area contributed by atoms with Gasteiger partial charge >= 0.3 is 18.1 Å². The number of hydrogen-bond acceptors (Lipinski definition) is 10. The number of fused-ring (bicyclic) bond motifs is 1. The molecule has 3 atom stereocenters. The van der Waals surface area contributed by atoms with Gasteiger partial charge in [-0.2, -0.15) is 13.2 Å². The van der Waals surface area contributed by atoms with Gasteiger partial charge in [-0.05, 0) is 25.7 Å². The first-order valence-corrected chi connectivity index (χ1v) is 11.9. The molecule has 0 N–H and O–H groups in total. The summed E-state index contributed by atoms with van der Waals surface area (Å²) in [4.78, 5) is 65.6. The van der Waals surface area contributed by atoms with Gasteiger partial charge in [0, 0.05) is 33.9 Å². The highest BCUT2D eigenvalue weighted by Gasteiger charge is 2.47. The summed E-state index contributed by atoms with van der Waals surface area (Å²) in [5.74, 6) is -5.25. The predicted octanol–water partition coefficient (Wildman–Crippen LogP) is -0.636. The van der Waals surface area contributed by atoms with E-state index >= 15 is 0 Å². The van der Waals surface area contributed by atoms with Crippen LogP contribution in [0.3, 0.4) is 0 Å². The van der Waals surface area contributed by atoms with Crippen LogP contribution >= 0.6 is 0 Å². The average molecular weight is 537 g/mol. The molecular formula is C22H31F3N4O8. The molecule has 0 aliphatic carbocycles. The molecule has 0 radical (unpaired) electrons. The van der Waals surface area contributed by atoms with Crippen LogP contribution < -0.4 is 0 Å².